The van der Waals surface area contributed by atoms with Crippen molar-refractivity contribution in [2.75, 3.05) is 18.0 Å². The summed E-state index contributed by atoms with van der Waals surface area (Å²) in [6.45, 7) is 8.50. The van der Waals surface area contributed by atoms with Crippen LogP contribution in [0.3, 0.4) is 0 Å². The Kier molecular flexibility index (Phi) is 4.94. The van der Waals surface area contributed by atoms with E-state index in [1.807, 2.05) is 6.21 Å². The SMILES string of the molecule is CCN(CC)c1ccc(N=Cc2cccc(C)c2)cc1. The van der Waals surface area contributed by atoms with Crippen molar-refractivity contribution < 1.29 is 0 Å². The smallest absolute Gasteiger partial charge is 0.0631 e. The van der Waals surface area contributed by atoms with Crippen molar-refractivity contribution in [2.45, 2.75) is 20.8 Å². The summed E-state index contributed by atoms with van der Waals surface area (Å²) in [7, 11) is 0. The Morgan fingerprint density at radius 1 is 1.00 bits per heavy atom. The van der Waals surface area contributed by atoms with E-state index >= 15 is 0 Å². The van der Waals surface area contributed by atoms with Crippen LogP contribution in [0.4, 0.5) is 11.4 Å². The molecule has 2 aromatic carbocycles. The molecule has 0 bridgehead atoms. The van der Waals surface area contributed by atoms with Gasteiger partial charge in [0.1, 0.15) is 0 Å². The first-order chi connectivity index (χ1) is 9.72. The lowest BCUT2D eigenvalue weighted by Crippen LogP contribution is -2.21. The summed E-state index contributed by atoms with van der Waals surface area (Å²) < 4.78 is 0. The molecule has 0 spiro atoms. The molecule has 0 radical (unpaired) electrons. The maximum Gasteiger partial charge on any atom is 0.0631 e. The highest BCUT2D eigenvalue weighted by atomic mass is 15.1. The van der Waals surface area contributed by atoms with Gasteiger partial charge in [-0.1, -0.05) is 29.8 Å². The Labute approximate surface area is 121 Å². The summed E-state index contributed by atoms with van der Waals surface area (Å²) in [5.41, 5.74) is 4.63. The van der Waals surface area contributed by atoms with Gasteiger partial charge in [0.2, 0.25) is 0 Å². The molecule has 0 unspecified atom stereocenters. The van der Waals surface area contributed by atoms with E-state index in [1.165, 1.54) is 11.3 Å². The quantitative estimate of drug-likeness (QED) is 0.723. The van der Waals surface area contributed by atoms with Crippen LogP contribution >= 0.6 is 0 Å². The van der Waals surface area contributed by atoms with Gasteiger partial charge in [0.15, 0.2) is 0 Å². The molecule has 2 aromatic rings. The van der Waals surface area contributed by atoms with Crippen LogP contribution in [0.1, 0.15) is 25.0 Å². The second kappa shape index (κ2) is 6.90. The molecule has 0 aromatic heterocycles. The predicted octanol–water partition coefficient (Wildman–Crippen LogP) is 4.59. The largest absolute Gasteiger partial charge is 0.372 e. The maximum absolute atomic E-state index is 4.53. The highest BCUT2D eigenvalue weighted by Gasteiger charge is 2.00. The fraction of sp³-hybridized carbons (Fsp3) is 0.278. The molecule has 104 valence electrons. The molecule has 2 rings (SSSR count). The van der Waals surface area contributed by atoms with E-state index < -0.39 is 0 Å². The van der Waals surface area contributed by atoms with E-state index in [4.69, 9.17) is 0 Å². The van der Waals surface area contributed by atoms with Crippen molar-refractivity contribution >= 4 is 17.6 Å². The third-order valence-corrected chi connectivity index (χ3v) is 3.38. The number of aliphatic imine (C=N–C) groups is 1. The zero-order chi connectivity index (χ0) is 14.4. The summed E-state index contributed by atoms with van der Waals surface area (Å²) in [5, 5.41) is 0. The molecule has 0 aliphatic heterocycles. The fourth-order valence-corrected chi connectivity index (χ4v) is 2.24. The Bertz CT molecular complexity index is 566. The van der Waals surface area contributed by atoms with Gasteiger partial charge >= 0.3 is 0 Å². The fourth-order valence-electron chi connectivity index (χ4n) is 2.24. The average molecular weight is 266 g/mol. The molecule has 0 amide bonds. The second-order valence-corrected chi connectivity index (χ2v) is 4.86. The first kappa shape index (κ1) is 14.3. The average Bonchev–Trinajstić information content (AvgIpc) is 2.48. The molecule has 2 heteroatoms. The van der Waals surface area contributed by atoms with Crippen molar-refractivity contribution in [1.29, 1.82) is 0 Å². The third-order valence-electron chi connectivity index (χ3n) is 3.38. The Balaban J connectivity index is 2.11. The van der Waals surface area contributed by atoms with Crippen molar-refractivity contribution in [3.63, 3.8) is 0 Å². The van der Waals surface area contributed by atoms with Gasteiger partial charge in [-0.2, -0.15) is 0 Å². The Hall–Kier alpha value is -2.09. The standard InChI is InChI=1S/C18H22N2/c1-4-20(5-2)18-11-9-17(10-12-18)19-14-16-8-6-7-15(3)13-16/h6-14H,4-5H2,1-3H3. The molecule has 0 atom stereocenters. The summed E-state index contributed by atoms with van der Waals surface area (Å²) >= 11 is 0. The van der Waals surface area contributed by atoms with Crippen LogP contribution < -0.4 is 4.90 Å². The minimum atomic E-state index is 0.988. The summed E-state index contributed by atoms with van der Waals surface area (Å²) in [5.74, 6) is 0. The molecule has 0 fully saturated rings. The molecule has 0 aliphatic carbocycles. The number of aryl methyl sites for hydroxylation is 1. The zero-order valence-corrected chi connectivity index (χ0v) is 12.5. The molecule has 0 heterocycles. The summed E-state index contributed by atoms with van der Waals surface area (Å²) in [6.07, 6.45) is 1.92. The van der Waals surface area contributed by atoms with E-state index in [0.717, 1.165) is 24.3 Å². The molecule has 2 nitrogen and oxygen atoms in total. The van der Waals surface area contributed by atoms with Gasteiger partial charge in [0, 0.05) is 25.0 Å². The van der Waals surface area contributed by atoms with Crippen LogP contribution in [0.15, 0.2) is 53.5 Å². The summed E-state index contributed by atoms with van der Waals surface area (Å²) in [6, 6.07) is 16.8. The molecular formula is C18H22N2. The monoisotopic (exact) mass is 266 g/mol. The highest BCUT2D eigenvalue weighted by molar-refractivity contribution is 5.82. The van der Waals surface area contributed by atoms with Crippen molar-refractivity contribution in [2.24, 2.45) is 4.99 Å². The van der Waals surface area contributed by atoms with Crippen LogP contribution in [0, 0.1) is 6.92 Å². The van der Waals surface area contributed by atoms with Gasteiger partial charge in [-0.05, 0) is 50.6 Å². The van der Waals surface area contributed by atoms with Crippen molar-refractivity contribution in [3.05, 3.63) is 59.7 Å². The van der Waals surface area contributed by atoms with E-state index in [-0.39, 0.29) is 0 Å². The van der Waals surface area contributed by atoms with Crippen molar-refractivity contribution in [3.8, 4) is 0 Å². The number of nitrogens with zero attached hydrogens (tertiary/aromatic N) is 2. The lowest BCUT2D eigenvalue weighted by Gasteiger charge is -2.20. The molecule has 0 aliphatic rings. The second-order valence-electron chi connectivity index (χ2n) is 4.86. The molecule has 20 heavy (non-hydrogen) atoms. The lowest BCUT2D eigenvalue weighted by atomic mass is 10.1. The van der Waals surface area contributed by atoms with Crippen LogP contribution in [0.2, 0.25) is 0 Å². The van der Waals surface area contributed by atoms with Gasteiger partial charge in [-0.25, -0.2) is 0 Å². The lowest BCUT2D eigenvalue weighted by molar-refractivity contribution is 0.866. The number of hydrogen-bond donors (Lipinski definition) is 0. The Morgan fingerprint density at radius 2 is 1.70 bits per heavy atom. The van der Waals surface area contributed by atoms with E-state index in [2.05, 4.69) is 79.2 Å². The van der Waals surface area contributed by atoms with Gasteiger partial charge < -0.3 is 4.90 Å². The molecule has 0 saturated heterocycles. The Morgan fingerprint density at radius 3 is 2.30 bits per heavy atom. The third kappa shape index (κ3) is 3.70. The first-order valence-corrected chi connectivity index (χ1v) is 7.18. The predicted molar refractivity (Wildman–Crippen MR) is 88.4 cm³/mol. The van der Waals surface area contributed by atoms with Gasteiger partial charge in [-0.3, -0.25) is 4.99 Å². The van der Waals surface area contributed by atoms with Crippen LogP contribution in [0.25, 0.3) is 0 Å². The number of anilines is 1. The molecular weight excluding hydrogens is 244 g/mol. The van der Waals surface area contributed by atoms with Crippen LogP contribution in [-0.2, 0) is 0 Å². The first-order valence-electron chi connectivity index (χ1n) is 7.18. The van der Waals surface area contributed by atoms with Crippen LogP contribution in [-0.4, -0.2) is 19.3 Å². The van der Waals surface area contributed by atoms with Crippen molar-refractivity contribution in [1.82, 2.24) is 0 Å². The van der Waals surface area contributed by atoms with Gasteiger partial charge in [0.05, 0.1) is 5.69 Å². The number of benzene rings is 2. The molecule has 0 saturated carbocycles. The minimum Gasteiger partial charge on any atom is -0.372 e. The summed E-state index contributed by atoms with van der Waals surface area (Å²) in [4.78, 5) is 6.85. The minimum absolute atomic E-state index is 0.988. The number of hydrogen-bond acceptors (Lipinski definition) is 2. The van der Waals surface area contributed by atoms with Gasteiger partial charge in [-0.15, -0.1) is 0 Å². The maximum atomic E-state index is 4.53. The van der Waals surface area contributed by atoms with Gasteiger partial charge in [0.25, 0.3) is 0 Å². The van der Waals surface area contributed by atoms with E-state index in [1.54, 1.807) is 0 Å². The van der Waals surface area contributed by atoms with Crippen LogP contribution in [0.5, 0.6) is 0 Å². The molecule has 0 N–H and O–H groups in total. The normalized spacial score (nSPS) is 10.9. The highest BCUT2D eigenvalue weighted by Crippen LogP contribution is 2.19. The topological polar surface area (TPSA) is 15.6 Å². The van der Waals surface area contributed by atoms with E-state index in [9.17, 15) is 0 Å². The zero-order valence-electron chi connectivity index (χ0n) is 12.5. The number of rotatable bonds is 5. The van der Waals surface area contributed by atoms with E-state index in [0.29, 0.717) is 0 Å².